The number of nitrogens with one attached hydrogen (secondary N) is 1. The molecule has 3 aromatic rings. The topological polar surface area (TPSA) is 40.0 Å². The minimum Gasteiger partial charge on any atom is -0.355 e. The molecule has 2 aromatic heterocycles. The summed E-state index contributed by atoms with van der Waals surface area (Å²) in [5.74, 6) is 0.649. The Hall–Kier alpha value is -2.86. The van der Waals surface area contributed by atoms with Crippen LogP contribution in [0.3, 0.4) is 0 Å². The molecule has 1 N–H and O–H groups in total. The van der Waals surface area contributed by atoms with Crippen molar-refractivity contribution in [2.45, 2.75) is 26.4 Å². The fraction of sp³-hybridized carbons (Fsp3) is 0.348. The Labute approximate surface area is 170 Å². The first-order valence-corrected chi connectivity index (χ1v) is 10.1. The molecular weight excluding hydrogens is 367 g/mol. The van der Waals surface area contributed by atoms with Crippen LogP contribution < -0.4 is 10.2 Å². The molecule has 5 nitrogen and oxygen atoms in total. The molecule has 1 saturated heterocycles. The Bertz CT molecular complexity index is 1010. The maximum Gasteiger partial charge on any atom is 0.253 e. The van der Waals surface area contributed by atoms with Gasteiger partial charge in [0.2, 0.25) is 0 Å². The van der Waals surface area contributed by atoms with E-state index in [0.717, 1.165) is 43.1 Å². The van der Waals surface area contributed by atoms with E-state index in [1.54, 1.807) is 12.1 Å². The third-order valence-electron chi connectivity index (χ3n) is 5.60. The molecule has 0 saturated carbocycles. The predicted molar refractivity (Wildman–Crippen MR) is 114 cm³/mol. The molecule has 1 fully saturated rings. The summed E-state index contributed by atoms with van der Waals surface area (Å²) in [6, 6.07) is 14.8. The van der Waals surface area contributed by atoms with Gasteiger partial charge in [-0.3, -0.25) is 9.69 Å². The number of carbonyl (C=O) groups is 1. The number of amides is 1. The van der Waals surface area contributed by atoms with Crippen molar-refractivity contribution in [3.63, 3.8) is 0 Å². The molecule has 0 atom stereocenters. The molecule has 1 aliphatic rings. The molecule has 1 aromatic carbocycles. The van der Waals surface area contributed by atoms with E-state index in [2.05, 4.69) is 45.5 Å². The Kier molecular flexibility index (Phi) is 5.53. The second-order valence-electron chi connectivity index (χ2n) is 7.83. The Balaban J connectivity index is 1.48. The average Bonchev–Trinajstić information content (AvgIpc) is 3.15. The van der Waals surface area contributed by atoms with Gasteiger partial charge in [-0.15, -0.1) is 0 Å². The molecule has 1 aliphatic heterocycles. The average molecular weight is 394 g/mol. The number of aromatic nitrogens is 1. The first kappa shape index (κ1) is 19.5. The third kappa shape index (κ3) is 4.27. The number of fused-ring (bicyclic) bond motifs is 1. The first-order valence-electron chi connectivity index (χ1n) is 10.1. The number of nitrogens with zero attached hydrogens (tertiary/aromatic N) is 3. The van der Waals surface area contributed by atoms with E-state index in [-0.39, 0.29) is 11.7 Å². The molecule has 152 valence electrons. The molecule has 6 heteroatoms. The Morgan fingerprint density at radius 3 is 2.55 bits per heavy atom. The van der Waals surface area contributed by atoms with E-state index in [1.807, 2.05) is 18.3 Å². The summed E-state index contributed by atoms with van der Waals surface area (Å²) in [5, 5.41) is 2.88. The van der Waals surface area contributed by atoms with Gasteiger partial charge in [0.1, 0.15) is 11.6 Å². The molecule has 0 unspecified atom stereocenters. The lowest BCUT2D eigenvalue weighted by Gasteiger charge is -2.37. The van der Waals surface area contributed by atoms with E-state index in [9.17, 15) is 9.18 Å². The number of pyridine rings is 1. The zero-order valence-corrected chi connectivity index (χ0v) is 16.9. The van der Waals surface area contributed by atoms with Gasteiger partial charge in [0.15, 0.2) is 0 Å². The van der Waals surface area contributed by atoms with Crippen LogP contribution in [0.15, 0.2) is 54.7 Å². The van der Waals surface area contributed by atoms with Crippen LogP contribution in [0.2, 0.25) is 0 Å². The van der Waals surface area contributed by atoms with Crippen molar-refractivity contribution in [2.24, 2.45) is 0 Å². The van der Waals surface area contributed by atoms with Crippen LogP contribution in [0.4, 0.5) is 10.2 Å². The summed E-state index contributed by atoms with van der Waals surface area (Å²) in [7, 11) is 0. The van der Waals surface area contributed by atoms with Gasteiger partial charge in [0.05, 0.1) is 5.56 Å². The van der Waals surface area contributed by atoms with Crippen LogP contribution >= 0.6 is 0 Å². The SMILES string of the molecule is CC(C)N1CCN(c2ccc3ccc(C(=O)NCc4cccc(F)c4)cn23)CC1. The number of hydrogen-bond acceptors (Lipinski definition) is 3. The maximum atomic E-state index is 13.3. The molecule has 0 bridgehead atoms. The fourth-order valence-corrected chi connectivity index (χ4v) is 3.88. The van der Waals surface area contributed by atoms with Gasteiger partial charge in [-0.25, -0.2) is 4.39 Å². The van der Waals surface area contributed by atoms with Gasteiger partial charge in [0, 0.05) is 50.5 Å². The standard InChI is InChI=1S/C23H27FN4O/c1-17(2)26-10-12-27(13-11-26)22-9-8-21-7-6-19(16-28(21)22)23(29)25-15-18-4-3-5-20(24)14-18/h3-9,14,16-17H,10-13,15H2,1-2H3,(H,25,29). The molecule has 29 heavy (non-hydrogen) atoms. The van der Waals surface area contributed by atoms with E-state index in [0.29, 0.717) is 18.2 Å². The van der Waals surface area contributed by atoms with E-state index in [1.165, 1.54) is 12.1 Å². The predicted octanol–water partition coefficient (Wildman–Crippen LogP) is 3.54. The second-order valence-corrected chi connectivity index (χ2v) is 7.83. The van der Waals surface area contributed by atoms with Gasteiger partial charge in [-0.2, -0.15) is 0 Å². The zero-order valence-electron chi connectivity index (χ0n) is 16.9. The van der Waals surface area contributed by atoms with E-state index < -0.39 is 0 Å². The number of piperazine rings is 1. The van der Waals surface area contributed by atoms with Gasteiger partial charge in [0.25, 0.3) is 5.91 Å². The van der Waals surface area contributed by atoms with Crippen molar-refractivity contribution in [1.82, 2.24) is 14.6 Å². The lowest BCUT2D eigenvalue weighted by molar-refractivity contribution is 0.0950. The highest BCUT2D eigenvalue weighted by Gasteiger charge is 2.21. The molecule has 0 aliphatic carbocycles. The van der Waals surface area contributed by atoms with E-state index in [4.69, 9.17) is 0 Å². The second kappa shape index (κ2) is 8.25. The molecular formula is C23H27FN4O. The van der Waals surface area contributed by atoms with Crippen LogP contribution in [0, 0.1) is 5.82 Å². The van der Waals surface area contributed by atoms with Crippen LogP contribution in [0.1, 0.15) is 29.8 Å². The van der Waals surface area contributed by atoms with Crippen LogP contribution in [0.5, 0.6) is 0 Å². The van der Waals surface area contributed by atoms with Crippen LogP contribution in [-0.2, 0) is 6.54 Å². The number of carbonyl (C=O) groups excluding carboxylic acids is 1. The summed E-state index contributed by atoms with van der Waals surface area (Å²) < 4.78 is 15.4. The largest absolute Gasteiger partial charge is 0.355 e. The lowest BCUT2D eigenvalue weighted by atomic mass is 10.2. The van der Waals surface area contributed by atoms with E-state index >= 15 is 0 Å². The number of rotatable bonds is 5. The highest BCUT2D eigenvalue weighted by Crippen LogP contribution is 2.22. The highest BCUT2D eigenvalue weighted by atomic mass is 19.1. The molecule has 0 spiro atoms. The summed E-state index contributed by atoms with van der Waals surface area (Å²) in [6.45, 7) is 8.79. The third-order valence-corrected chi connectivity index (χ3v) is 5.60. The van der Waals surface area contributed by atoms with Gasteiger partial charge in [-0.1, -0.05) is 12.1 Å². The summed E-state index contributed by atoms with van der Waals surface area (Å²) in [6.07, 6.45) is 1.89. The van der Waals surface area contributed by atoms with Crippen molar-refractivity contribution in [3.8, 4) is 0 Å². The Morgan fingerprint density at radius 1 is 1.07 bits per heavy atom. The minimum atomic E-state index is -0.298. The van der Waals surface area contributed by atoms with Crippen LogP contribution in [-0.4, -0.2) is 47.4 Å². The number of halogens is 1. The minimum absolute atomic E-state index is 0.166. The van der Waals surface area contributed by atoms with Crippen molar-refractivity contribution in [2.75, 3.05) is 31.1 Å². The summed E-state index contributed by atoms with van der Waals surface area (Å²) in [4.78, 5) is 17.5. The van der Waals surface area contributed by atoms with Gasteiger partial charge >= 0.3 is 0 Å². The lowest BCUT2D eigenvalue weighted by Crippen LogP contribution is -2.49. The van der Waals surface area contributed by atoms with Gasteiger partial charge in [-0.05, 0) is 55.8 Å². The van der Waals surface area contributed by atoms with Crippen LogP contribution in [0.25, 0.3) is 5.52 Å². The monoisotopic (exact) mass is 394 g/mol. The number of benzene rings is 1. The Morgan fingerprint density at radius 2 is 1.83 bits per heavy atom. The van der Waals surface area contributed by atoms with Crippen molar-refractivity contribution in [3.05, 3.63) is 71.7 Å². The number of hydrogen-bond donors (Lipinski definition) is 1. The first-order chi connectivity index (χ1) is 14.0. The summed E-state index contributed by atoms with van der Waals surface area (Å²) >= 11 is 0. The molecule has 3 heterocycles. The van der Waals surface area contributed by atoms with Crippen molar-refractivity contribution in [1.29, 1.82) is 0 Å². The van der Waals surface area contributed by atoms with Gasteiger partial charge < -0.3 is 14.6 Å². The molecule has 4 rings (SSSR count). The maximum absolute atomic E-state index is 13.3. The van der Waals surface area contributed by atoms with Crippen molar-refractivity contribution >= 4 is 17.2 Å². The molecule has 1 amide bonds. The zero-order chi connectivity index (χ0) is 20.4. The molecule has 0 radical (unpaired) electrons. The normalized spacial score (nSPS) is 15.2. The quantitative estimate of drug-likeness (QED) is 0.720. The number of anilines is 1. The fourth-order valence-electron chi connectivity index (χ4n) is 3.88. The van der Waals surface area contributed by atoms with Crippen molar-refractivity contribution < 1.29 is 9.18 Å². The smallest absolute Gasteiger partial charge is 0.253 e. The highest BCUT2D eigenvalue weighted by molar-refractivity contribution is 5.94. The summed E-state index contributed by atoms with van der Waals surface area (Å²) in [5.41, 5.74) is 2.39.